The summed E-state index contributed by atoms with van der Waals surface area (Å²) in [5, 5.41) is 10.3. The van der Waals surface area contributed by atoms with Crippen molar-refractivity contribution in [2.45, 2.75) is 38.3 Å². The molecular weight excluding hydrogens is 397 g/mol. The fourth-order valence-electron chi connectivity index (χ4n) is 3.29. The molecule has 8 heteroatoms. The third-order valence-electron chi connectivity index (χ3n) is 4.78. The molecule has 0 spiro atoms. The molecule has 0 radical (unpaired) electrons. The Hall–Kier alpha value is -3.03. The first-order chi connectivity index (χ1) is 14.2. The first kappa shape index (κ1) is 23.3. The van der Waals surface area contributed by atoms with Gasteiger partial charge in [-0.15, -0.1) is 0 Å². The smallest absolute Gasteiger partial charge is 0.475 e. The first-order valence-electron chi connectivity index (χ1n) is 9.74. The van der Waals surface area contributed by atoms with Crippen molar-refractivity contribution in [3.63, 3.8) is 0 Å². The summed E-state index contributed by atoms with van der Waals surface area (Å²) in [4.78, 5) is 24.0. The number of carbonyl (C=O) groups is 2. The van der Waals surface area contributed by atoms with Crippen molar-refractivity contribution in [3.8, 4) is 0 Å². The van der Waals surface area contributed by atoms with Crippen LogP contribution in [0.2, 0.25) is 0 Å². The minimum absolute atomic E-state index is 0.0744. The number of para-hydroxylation sites is 2. The molecule has 2 aromatic carbocycles. The van der Waals surface area contributed by atoms with Gasteiger partial charge in [0.2, 0.25) is 5.91 Å². The summed E-state index contributed by atoms with van der Waals surface area (Å²) in [6.45, 7) is 4.20. The summed E-state index contributed by atoms with van der Waals surface area (Å²) in [6, 6.07) is 18.1. The second-order valence-corrected chi connectivity index (χ2v) is 6.87. The van der Waals surface area contributed by atoms with Crippen LogP contribution in [0.25, 0.3) is 0 Å². The number of carboxylic acids is 1. The van der Waals surface area contributed by atoms with Crippen molar-refractivity contribution in [3.05, 3.63) is 60.2 Å². The Kier molecular flexibility index (Phi) is 8.26. The average molecular weight is 422 g/mol. The van der Waals surface area contributed by atoms with Crippen LogP contribution in [-0.2, 0) is 9.59 Å². The molecular formula is C22H25F3N2O3. The molecule has 162 valence electrons. The molecule has 1 aliphatic heterocycles. The molecule has 5 nitrogen and oxygen atoms in total. The zero-order valence-corrected chi connectivity index (χ0v) is 16.7. The SMILES string of the molecule is CC[C@@H](C(=O)Nc1ccccc1N1CCCC1)c1ccccc1.O=C(O)C(F)(F)F. The molecule has 1 saturated heterocycles. The highest BCUT2D eigenvalue weighted by Crippen LogP contribution is 2.30. The normalized spacial score (nSPS) is 14.5. The Morgan fingerprint density at radius 3 is 2.10 bits per heavy atom. The molecule has 1 heterocycles. The van der Waals surface area contributed by atoms with Gasteiger partial charge in [-0.2, -0.15) is 13.2 Å². The van der Waals surface area contributed by atoms with Gasteiger partial charge in [0.15, 0.2) is 0 Å². The number of anilines is 2. The standard InChI is InChI=1S/C20H24N2O.C2HF3O2/c1-2-17(16-10-4-3-5-11-16)20(23)21-18-12-6-7-13-19(18)22-14-8-9-15-22;3-2(4,5)1(6)7/h3-7,10-13,17H,2,8-9,14-15H2,1H3,(H,21,23);(H,6,7)/t17-;/m1./s1. The highest BCUT2D eigenvalue weighted by Gasteiger charge is 2.38. The van der Waals surface area contributed by atoms with Crippen LogP contribution in [0.1, 0.15) is 37.7 Å². The number of benzene rings is 2. The fourth-order valence-corrected chi connectivity index (χ4v) is 3.29. The lowest BCUT2D eigenvalue weighted by molar-refractivity contribution is -0.192. The van der Waals surface area contributed by atoms with E-state index in [1.165, 1.54) is 12.8 Å². The number of amides is 1. The number of nitrogens with one attached hydrogen (secondary N) is 1. The fraction of sp³-hybridized carbons (Fsp3) is 0.364. The van der Waals surface area contributed by atoms with Crippen LogP contribution in [0.4, 0.5) is 24.5 Å². The molecule has 0 aromatic heterocycles. The molecule has 30 heavy (non-hydrogen) atoms. The molecule has 1 atom stereocenters. The molecule has 0 bridgehead atoms. The third kappa shape index (κ3) is 6.50. The van der Waals surface area contributed by atoms with E-state index in [-0.39, 0.29) is 11.8 Å². The first-order valence-corrected chi connectivity index (χ1v) is 9.74. The van der Waals surface area contributed by atoms with E-state index < -0.39 is 12.1 Å². The molecule has 2 aromatic rings. The number of hydrogen-bond acceptors (Lipinski definition) is 3. The number of hydrogen-bond donors (Lipinski definition) is 2. The minimum atomic E-state index is -5.08. The zero-order chi connectivity index (χ0) is 22.1. The van der Waals surface area contributed by atoms with Crippen molar-refractivity contribution in [1.82, 2.24) is 0 Å². The molecule has 1 aliphatic rings. The van der Waals surface area contributed by atoms with E-state index in [9.17, 15) is 18.0 Å². The zero-order valence-electron chi connectivity index (χ0n) is 16.7. The van der Waals surface area contributed by atoms with E-state index in [0.29, 0.717) is 0 Å². The predicted molar refractivity (Wildman–Crippen MR) is 110 cm³/mol. The van der Waals surface area contributed by atoms with E-state index in [1.807, 2.05) is 48.5 Å². The van der Waals surface area contributed by atoms with Crippen LogP contribution in [0.15, 0.2) is 54.6 Å². The number of carboxylic acid groups (broad SMARTS) is 1. The predicted octanol–water partition coefficient (Wildman–Crippen LogP) is 5.05. The van der Waals surface area contributed by atoms with E-state index >= 15 is 0 Å². The largest absolute Gasteiger partial charge is 0.490 e. The van der Waals surface area contributed by atoms with Crippen molar-refractivity contribution < 1.29 is 27.9 Å². The van der Waals surface area contributed by atoms with E-state index in [4.69, 9.17) is 9.90 Å². The summed E-state index contributed by atoms with van der Waals surface area (Å²) < 4.78 is 31.7. The van der Waals surface area contributed by atoms with Crippen LogP contribution < -0.4 is 10.2 Å². The highest BCUT2D eigenvalue weighted by molar-refractivity contribution is 5.98. The summed E-state index contributed by atoms with van der Waals surface area (Å²) >= 11 is 0. The van der Waals surface area contributed by atoms with Gasteiger partial charge in [-0.05, 0) is 37.0 Å². The van der Waals surface area contributed by atoms with E-state index in [2.05, 4.69) is 23.2 Å². The number of halogens is 3. The molecule has 0 saturated carbocycles. The van der Waals surface area contributed by atoms with Gasteiger partial charge in [-0.3, -0.25) is 4.79 Å². The van der Waals surface area contributed by atoms with Crippen LogP contribution in [0, 0.1) is 0 Å². The highest BCUT2D eigenvalue weighted by atomic mass is 19.4. The van der Waals surface area contributed by atoms with Gasteiger partial charge in [0.1, 0.15) is 0 Å². The Morgan fingerprint density at radius 2 is 1.57 bits per heavy atom. The topological polar surface area (TPSA) is 69.6 Å². The van der Waals surface area contributed by atoms with E-state index in [1.54, 1.807) is 0 Å². The van der Waals surface area contributed by atoms with Gasteiger partial charge in [-0.1, -0.05) is 49.4 Å². The number of nitrogens with zero attached hydrogens (tertiary/aromatic N) is 1. The lowest BCUT2D eigenvalue weighted by Gasteiger charge is -2.23. The molecule has 1 fully saturated rings. The van der Waals surface area contributed by atoms with Gasteiger partial charge in [0.25, 0.3) is 0 Å². The maximum absolute atomic E-state index is 12.8. The third-order valence-corrected chi connectivity index (χ3v) is 4.78. The van der Waals surface area contributed by atoms with Crippen LogP contribution >= 0.6 is 0 Å². The van der Waals surface area contributed by atoms with Crippen molar-refractivity contribution >= 4 is 23.3 Å². The number of aliphatic carboxylic acids is 1. The van der Waals surface area contributed by atoms with Crippen molar-refractivity contribution in [1.29, 1.82) is 0 Å². The Labute approximate surface area is 173 Å². The van der Waals surface area contributed by atoms with Crippen LogP contribution in [0.5, 0.6) is 0 Å². The van der Waals surface area contributed by atoms with Crippen LogP contribution in [0.3, 0.4) is 0 Å². The Morgan fingerprint density at radius 1 is 1.03 bits per heavy atom. The van der Waals surface area contributed by atoms with Crippen molar-refractivity contribution in [2.24, 2.45) is 0 Å². The maximum Gasteiger partial charge on any atom is 0.490 e. The second-order valence-electron chi connectivity index (χ2n) is 6.87. The molecule has 2 N–H and O–H groups in total. The average Bonchev–Trinajstić information content (AvgIpc) is 3.24. The number of rotatable bonds is 5. The minimum Gasteiger partial charge on any atom is -0.475 e. The lowest BCUT2D eigenvalue weighted by atomic mass is 9.95. The molecule has 0 aliphatic carbocycles. The van der Waals surface area contributed by atoms with Gasteiger partial charge in [0, 0.05) is 13.1 Å². The lowest BCUT2D eigenvalue weighted by Crippen LogP contribution is -2.24. The van der Waals surface area contributed by atoms with Gasteiger partial charge < -0.3 is 15.3 Å². The van der Waals surface area contributed by atoms with Crippen LogP contribution in [-0.4, -0.2) is 36.2 Å². The monoisotopic (exact) mass is 422 g/mol. The summed E-state index contributed by atoms with van der Waals surface area (Å²) in [5.41, 5.74) is 3.14. The molecule has 1 amide bonds. The second kappa shape index (κ2) is 10.7. The Bertz CT molecular complexity index is 835. The number of alkyl halides is 3. The maximum atomic E-state index is 12.8. The van der Waals surface area contributed by atoms with Gasteiger partial charge in [-0.25, -0.2) is 4.79 Å². The molecule has 3 rings (SSSR count). The van der Waals surface area contributed by atoms with E-state index in [0.717, 1.165) is 36.4 Å². The molecule has 0 unspecified atom stereocenters. The summed E-state index contributed by atoms with van der Waals surface area (Å²) in [7, 11) is 0. The van der Waals surface area contributed by atoms with Gasteiger partial charge in [0.05, 0.1) is 17.3 Å². The Balaban J connectivity index is 0.000000396. The summed E-state index contributed by atoms with van der Waals surface area (Å²) in [6.07, 6.45) is -1.84. The number of carbonyl (C=O) groups excluding carboxylic acids is 1. The van der Waals surface area contributed by atoms with Gasteiger partial charge >= 0.3 is 12.1 Å². The quantitative estimate of drug-likeness (QED) is 0.707. The summed E-state index contributed by atoms with van der Waals surface area (Å²) in [5.74, 6) is -2.79. The van der Waals surface area contributed by atoms with Crippen molar-refractivity contribution in [2.75, 3.05) is 23.3 Å².